The first-order valence-corrected chi connectivity index (χ1v) is 7.06. The Morgan fingerprint density at radius 3 is 2.89 bits per heavy atom. The second kappa shape index (κ2) is 5.72. The third-order valence-corrected chi connectivity index (χ3v) is 3.96. The highest BCUT2D eigenvalue weighted by atomic mass is 16.5. The van der Waals surface area contributed by atoms with Crippen molar-refractivity contribution in [2.45, 2.75) is 44.4 Å². The molecule has 1 aliphatic carbocycles. The number of fused-ring (bicyclic) bond motifs is 1. The van der Waals surface area contributed by atoms with Crippen LogP contribution >= 0.6 is 0 Å². The summed E-state index contributed by atoms with van der Waals surface area (Å²) >= 11 is 0. The van der Waals surface area contributed by atoms with Gasteiger partial charge in [-0.15, -0.1) is 0 Å². The smallest absolute Gasteiger partial charge is 0.137 e. The number of pyridine rings is 1. The zero-order valence-corrected chi connectivity index (χ0v) is 11.4. The molecule has 1 N–H and O–H groups in total. The van der Waals surface area contributed by atoms with Gasteiger partial charge in [-0.25, -0.2) is 4.98 Å². The second-order valence-electron chi connectivity index (χ2n) is 5.27. The largest absolute Gasteiger partial charge is 0.372 e. The Hall–Kier alpha value is -1.39. The number of nitrogens with zero attached hydrogens (tertiary/aromatic N) is 2. The zero-order chi connectivity index (χ0) is 13.1. The minimum absolute atomic E-state index is 0.398. The van der Waals surface area contributed by atoms with E-state index in [1.54, 1.807) is 0 Å². The van der Waals surface area contributed by atoms with Gasteiger partial charge in [-0.3, -0.25) is 0 Å². The van der Waals surface area contributed by atoms with Crippen molar-refractivity contribution in [3.8, 4) is 0 Å². The lowest BCUT2D eigenvalue weighted by atomic mass is 9.93. The standard InChI is InChI=1S/C15H21N3O/c1-16-12-5-7-14(8-6-12)19-11-13-10-18-9-3-2-4-15(18)17-13/h2-4,9-10,12,14,16H,5-8,11H2,1H3. The normalized spacial score (nSPS) is 23.8. The maximum Gasteiger partial charge on any atom is 0.137 e. The first kappa shape index (κ1) is 12.6. The Morgan fingerprint density at radius 2 is 2.16 bits per heavy atom. The molecule has 2 aromatic rings. The molecule has 0 amide bonds. The van der Waals surface area contributed by atoms with E-state index in [4.69, 9.17) is 4.74 Å². The lowest BCUT2D eigenvalue weighted by molar-refractivity contribution is 0.0105. The Bertz CT molecular complexity index is 496. The van der Waals surface area contributed by atoms with Crippen molar-refractivity contribution in [3.05, 3.63) is 36.3 Å². The Morgan fingerprint density at radius 1 is 1.32 bits per heavy atom. The Kier molecular flexibility index (Phi) is 3.80. The molecule has 0 radical (unpaired) electrons. The minimum Gasteiger partial charge on any atom is -0.372 e. The number of rotatable bonds is 4. The molecule has 4 heteroatoms. The van der Waals surface area contributed by atoms with E-state index in [1.807, 2.05) is 35.8 Å². The van der Waals surface area contributed by atoms with Crippen molar-refractivity contribution >= 4 is 5.65 Å². The van der Waals surface area contributed by atoms with Gasteiger partial charge in [0.05, 0.1) is 18.4 Å². The molecule has 19 heavy (non-hydrogen) atoms. The Balaban J connectivity index is 1.55. The number of aromatic nitrogens is 2. The molecule has 3 rings (SSSR count). The van der Waals surface area contributed by atoms with Crippen LogP contribution in [0.5, 0.6) is 0 Å². The molecule has 4 nitrogen and oxygen atoms in total. The van der Waals surface area contributed by atoms with Gasteiger partial charge in [-0.1, -0.05) is 6.07 Å². The summed E-state index contributed by atoms with van der Waals surface area (Å²) in [6.45, 7) is 0.622. The van der Waals surface area contributed by atoms with Gasteiger partial charge in [-0.05, 0) is 44.9 Å². The first-order chi connectivity index (χ1) is 9.35. The predicted molar refractivity (Wildman–Crippen MR) is 75.1 cm³/mol. The van der Waals surface area contributed by atoms with Crippen LogP contribution in [0.1, 0.15) is 31.4 Å². The van der Waals surface area contributed by atoms with E-state index in [1.165, 1.54) is 12.8 Å². The minimum atomic E-state index is 0.398. The van der Waals surface area contributed by atoms with Gasteiger partial charge in [0.15, 0.2) is 0 Å². The van der Waals surface area contributed by atoms with Gasteiger partial charge < -0.3 is 14.5 Å². The number of ether oxygens (including phenoxy) is 1. The van der Waals surface area contributed by atoms with Crippen LogP contribution in [0.25, 0.3) is 5.65 Å². The molecule has 1 aliphatic rings. The molecule has 2 aromatic heterocycles. The van der Waals surface area contributed by atoms with Crippen molar-refractivity contribution < 1.29 is 4.74 Å². The van der Waals surface area contributed by atoms with E-state index in [-0.39, 0.29) is 0 Å². The van der Waals surface area contributed by atoms with Crippen LogP contribution < -0.4 is 5.32 Å². The molecule has 2 heterocycles. The molecular formula is C15H21N3O. The molecule has 0 aromatic carbocycles. The molecule has 1 fully saturated rings. The molecule has 0 spiro atoms. The Labute approximate surface area is 113 Å². The van der Waals surface area contributed by atoms with Gasteiger partial charge in [0.1, 0.15) is 5.65 Å². The molecule has 0 bridgehead atoms. The summed E-state index contributed by atoms with van der Waals surface area (Å²) in [4.78, 5) is 4.55. The molecule has 0 unspecified atom stereocenters. The monoisotopic (exact) mass is 259 g/mol. The fourth-order valence-corrected chi connectivity index (χ4v) is 2.78. The molecule has 0 saturated heterocycles. The van der Waals surface area contributed by atoms with E-state index >= 15 is 0 Å². The maximum atomic E-state index is 5.99. The van der Waals surface area contributed by atoms with Crippen LogP contribution in [0.15, 0.2) is 30.6 Å². The average Bonchev–Trinajstić information content (AvgIpc) is 2.88. The van der Waals surface area contributed by atoms with Gasteiger partial charge in [0, 0.05) is 18.4 Å². The quantitative estimate of drug-likeness (QED) is 0.916. The fourth-order valence-electron chi connectivity index (χ4n) is 2.78. The zero-order valence-electron chi connectivity index (χ0n) is 11.4. The molecule has 102 valence electrons. The lowest BCUT2D eigenvalue weighted by Crippen LogP contribution is -2.32. The average molecular weight is 259 g/mol. The van der Waals surface area contributed by atoms with Gasteiger partial charge >= 0.3 is 0 Å². The molecule has 0 aliphatic heterocycles. The molecular weight excluding hydrogens is 238 g/mol. The predicted octanol–water partition coefficient (Wildman–Crippen LogP) is 2.38. The summed E-state index contributed by atoms with van der Waals surface area (Å²) in [5.74, 6) is 0. The van der Waals surface area contributed by atoms with E-state index in [0.29, 0.717) is 18.8 Å². The topological polar surface area (TPSA) is 38.6 Å². The molecule has 1 saturated carbocycles. The van der Waals surface area contributed by atoms with Gasteiger partial charge in [-0.2, -0.15) is 0 Å². The van der Waals surface area contributed by atoms with Crippen molar-refractivity contribution in [2.24, 2.45) is 0 Å². The third-order valence-electron chi connectivity index (χ3n) is 3.96. The van der Waals surface area contributed by atoms with Crippen molar-refractivity contribution in [1.29, 1.82) is 0 Å². The SMILES string of the molecule is CNC1CCC(OCc2cn3ccccc3n2)CC1. The fraction of sp³-hybridized carbons (Fsp3) is 0.533. The van der Waals surface area contributed by atoms with Crippen LogP contribution in [-0.4, -0.2) is 28.6 Å². The van der Waals surface area contributed by atoms with E-state index < -0.39 is 0 Å². The number of hydrogen-bond acceptors (Lipinski definition) is 3. The summed E-state index contributed by atoms with van der Waals surface area (Å²) in [5, 5.41) is 3.34. The van der Waals surface area contributed by atoms with E-state index in [9.17, 15) is 0 Å². The summed E-state index contributed by atoms with van der Waals surface area (Å²) in [6.07, 6.45) is 9.20. The van der Waals surface area contributed by atoms with Crippen LogP contribution in [0, 0.1) is 0 Å². The number of hydrogen-bond donors (Lipinski definition) is 1. The highest BCUT2D eigenvalue weighted by Gasteiger charge is 2.20. The summed E-state index contributed by atoms with van der Waals surface area (Å²) < 4.78 is 8.03. The van der Waals surface area contributed by atoms with Crippen molar-refractivity contribution in [2.75, 3.05) is 7.05 Å². The number of nitrogens with one attached hydrogen (secondary N) is 1. The third kappa shape index (κ3) is 2.96. The second-order valence-corrected chi connectivity index (χ2v) is 5.27. The maximum absolute atomic E-state index is 5.99. The van der Waals surface area contributed by atoms with Gasteiger partial charge in [0.2, 0.25) is 0 Å². The van der Waals surface area contributed by atoms with Crippen LogP contribution in [-0.2, 0) is 11.3 Å². The number of imidazole rings is 1. The highest BCUT2D eigenvalue weighted by molar-refractivity contribution is 5.39. The van der Waals surface area contributed by atoms with Gasteiger partial charge in [0.25, 0.3) is 0 Å². The van der Waals surface area contributed by atoms with E-state index in [0.717, 1.165) is 24.2 Å². The van der Waals surface area contributed by atoms with E-state index in [2.05, 4.69) is 16.5 Å². The summed E-state index contributed by atoms with van der Waals surface area (Å²) in [7, 11) is 2.04. The molecule has 0 atom stereocenters. The first-order valence-electron chi connectivity index (χ1n) is 7.06. The van der Waals surface area contributed by atoms with Crippen molar-refractivity contribution in [3.63, 3.8) is 0 Å². The van der Waals surface area contributed by atoms with Crippen LogP contribution in [0.4, 0.5) is 0 Å². The van der Waals surface area contributed by atoms with Crippen LogP contribution in [0.3, 0.4) is 0 Å². The van der Waals surface area contributed by atoms with Crippen LogP contribution in [0.2, 0.25) is 0 Å². The summed E-state index contributed by atoms with van der Waals surface area (Å²) in [5.41, 5.74) is 2.00. The summed E-state index contributed by atoms with van der Waals surface area (Å²) in [6, 6.07) is 6.71. The highest BCUT2D eigenvalue weighted by Crippen LogP contribution is 2.22. The lowest BCUT2D eigenvalue weighted by Gasteiger charge is -2.28. The van der Waals surface area contributed by atoms with Crippen molar-refractivity contribution in [1.82, 2.24) is 14.7 Å².